The molecule has 0 aliphatic carbocycles. The maximum atomic E-state index is 8.91. The Labute approximate surface area is 89.9 Å². The molecule has 1 aromatic carbocycles. The van der Waals surface area contributed by atoms with Gasteiger partial charge in [0.25, 0.3) is 0 Å². The fourth-order valence-corrected chi connectivity index (χ4v) is 1.89. The van der Waals surface area contributed by atoms with Crippen LogP contribution in [-0.2, 0) is 6.61 Å². The zero-order valence-corrected chi connectivity index (χ0v) is 8.74. The van der Waals surface area contributed by atoms with E-state index in [0.29, 0.717) is 5.84 Å². The van der Waals surface area contributed by atoms with Crippen LogP contribution in [0.3, 0.4) is 0 Å². The number of hydrogen-bond donors (Lipinski definition) is 2. The molecule has 0 amide bonds. The van der Waals surface area contributed by atoms with Crippen molar-refractivity contribution in [1.82, 2.24) is 4.90 Å². The fraction of sp³-hybridized carbons (Fsp3) is 0.417. The second kappa shape index (κ2) is 4.45. The lowest BCUT2D eigenvalue weighted by molar-refractivity contribution is 0.282. The van der Waals surface area contributed by atoms with Gasteiger partial charge in [-0.1, -0.05) is 24.3 Å². The van der Waals surface area contributed by atoms with E-state index in [4.69, 9.17) is 10.5 Å². The summed E-state index contributed by atoms with van der Waals surface area (Å²) in [7, 11) is 0. The molecule has 3 heteroatoms. The van der Waals surface area contributed by atoms with E-state index in [2.05, 4.69) is 4.90 Å². The average Bonchev–Trinajstić information content (AvgIpc) is 2.82. The van der Waals surface area contributed by atoms with E-state index in [9.17, 15) is 0 Å². The zero-order valence-electron chi connectivity index (χ0n) is 8.74. The van der Waals surface area contributed by atoms with E-state index in [0.717, 1.165) is 24.2 Å². The van der Waals surface area contributed by atoms with Crippen LogP contribution in [0, 0.1) is 5.41 Å². The summed E-state index contributed by atoms with van der Waals surface area (Å²) in [5, 5.41) is 16.9. The molecule has 3 nitrogen and oxygen atoms in total. The second-order valence-electron chi connectivity index (χ2n) is 3.90. The highest BCUT2D eigenvalue weighted by Gasteiger charge is 2.15. The minimum absolute atomic E-state index is 0.0668. The molecule has 80 valence electrons. The number of aliphatic hydroxyl groups is 1. The summed E-state index contributed by atoms with van der Waals surface area (Å²) in [6, 6.07) is 7.57. The normalized spacial score (nSPS) is 15.7. The number of amidine groups is 1. The first kappa shape index (κ1) is 10.2. The lowest BCUT2D eigenvalue weighted by atomic mass is 10.1. The number of benzene rings is 1. The molecule has 2 N–H and O–H groups in total. The number of nitrogens with zero attached hydrogens (tertiary/aromatic N) is 1. The standard InChI is InChI=1S/C12H16N2O/c13-12(14-7-1-2-8-14)11-5-3-10(9-15)4-6-11/h3-6,13,15H,1-2,7-9H2. The molecule has 1 aliphatic heterocycles. The summed E-state index contributed by atoms with van der Waals surface area (Å²) in [5.74, 6) is 0.608. The lowest BCUT2D eigenvalue weighted by Crippen LogP contribution is -2.27. The maximum Gasteiger partial charge on any atom is 0.128 e. The Hall–Kier alpha value is -1.35. The first-order valence-corrected chi connectivity index (χ1v) is 5.35. The minimum Gasteiger partial charge on any atom is -0.392 e. The van der Waals surface area contributed by atoms with Crippen LogP contribution in [0.25, 0.3) is 0 Å². The highest BCUT2D eigenvalue weighted by Crippen LogP contribution is 2.13. The smallest absolute Gasteiger partial charge is 0.128 e. The van der Waals surface area contributed by atoms with E-state index in [-0.39, 0.29) is 6.61 Å². The van der Waals surface area contributed by atoms with Gasteiger partial charge in [-0.15, -0.1) is 0 Å². The van der Waals surface area contributed by atoms with E-state index < -0.39 is 0 Å². The number of nitrogens with one attached hydrogen (secondary N) is 1. The van der Waals surface area contributed by atoms with Crippen molar-refractivity contribution in [3.05, 3.63) is 35.4 Å². The van der Waals surface area contributed by atoms with E-state index in [1.807, 2.05) is 24.3 Å². The van der Waals surface area contributed by atoms with Gasteiger partial charge in [-0.2, -0.15) is 0 Å². The molecule has 15 heavy (non-hydrogen) atoms. The minimum atomic E-state index is 0.0668. The summed E-state index contributed by atoms with van der Waals surface area (Å²) >= 11 is 0. The average molecular weight is 204 g/mol. The van der Waals surface area contributed by atoms with Crippen LogP contribution < -0.4 is 0 Å². The van der Waals surface area contributed by atoms with E-state index >= 15 is 0 Å². The molecule has 0 bridgehead atoms. The third kappa shape index (κ3) is 2.18. The highest BCUT2D eigenvalue weighted by molar-refractivity contribution is 5.96. The zero-order chi connectivity index (χ0) is 10.7. The molecule has 1 fully saturated rings. The van der Waals surface area contributed by atoms with Crippen molar-refractivity contribution in [2.45, 2.75) is 19.4 Å². The van der Waals surface area contributed by atoms with Crippen molar-refractivity contribution in [1.29, 1.82) is 5.41 Å². The molecule has 0 aromatic heterocycles. The first-order chi connectivity index (χ1) is 7.31. The van der Waals surface area contributed by atoms with Gasteiger partial charge in [0.15, 0.2) is 0 Å². The van der Waals surface area contributed by atoms with Crippen LogP contribution in [0.5, 0.6) is 0 Å². The van der Waals surface area contributed by atoms with Crippen LogP contribution in [0.15, 0.2) is 24.3 Å². The van der Waals surface area contributed by atoms with Gasteiger partial charge in [-0.25, -0.2) is 0 Å². The third-order valence-corrected chi connectivity index (χ3v) is 2.83. The van der Waals surface area contributed by atoms with Crippen LogP contribution >= 0.6 is 0 Å². The second-order valence-corrected chi connectivity index (χ2v) is 3.90. The summed E-state index contributed by atoms with van der Waals surface area (Å²) < 4.78 is 0. The Balaban J connectivity index is 2.11. The summed E-state index contributed by atoms with van der Waals surface area (Å²) in [6.07, 6.45) is 2.38. The molecule has 0 spiro atoms. The Morgan fingerprint density at radius 3 is 2.33 bits per heavy atom. The van der Waals surface area contributed by atoms with Gasteiger partial charge in [0.1, 0.15) is 5.84 Å². The number of likely N-dealkylation sites (tertiary alicyclic amines) is 1. The molecule has 0 radical (unpaired) electrons. The number of hydrogen-bond acceptors (Lipinski definition) is 2. The van der Waals surface area contributed by atoms with Crippen LogP contribution in [0.2, 0.25) is 0 Å². The molecule has 0 atom stereocenters. The van der Waals surface area contributed by atoms with E-state index in [1.165, 1.54) is 12.8 Å². The molecule has 1 aromatic rings. The molecule has 0 saturated carbocycles. The predicted molar refractivity (Wildman–Crippen MR) is 60.0 cm³/mol. The van der Waals surface area contributed by atoms with Gasteiger partial charge in [-0.3, -0.25) is 5.41 Å². The molecule has 1 aliphatic rings. The highest BCUT2D eigenvalue weighted by atomic mass is 16.3. The Kier molecular flexibility index (Phi) is 3.02. The monoisotopic (exact) mass is 204 g/mol. The van der Waals surface area contributed by atoms with Crippen molar-refractivity contribution < 1.29 is 5.11 Å². The lowest BCUT2D eigenvalue weighted by Gasteiger charge is -2.18. The molecular weight excluding hydrogens is 188 g/mol. The van der Waals surface area contributed by atoms with Crippen molar-refractivity contribution in [3.8, 4) is 0 Å². The quantitative estimate of drug-likeness (QED) is 0.568. The summed E-state index contributed by atoms with van der Waals surface area (Å²) in [4.78, 5) is 2.11. The van der Waals surface area contributed by atoms with Crippen LogP contribution in [-0.4, -0.2) is 28.9 Å². The van der Waals surface area contributed by atoms with Crippen molar-refractivity contribution in [2.24, 2.45) is 0 Å². The summed E-state index contributed by atoms with van der Waals surface area (Å²) in [6.45, 7) is 2.07. The molecular formula is C12H16N2O. The molecule has 0 unspecified atom stereocenters. The van der Waals surface area contributed by atoms with Crippen LogP contribution in [0.1, 0.15) is 24.0 Å². The SMILES string of the molecule is N=C(c1ccc(CO)cc1)N1CCCC1. The van der Waals surface area contributed by atoms with Gasteiger partial charge in [-0.05, 0) is 18.4 Å². The summed E-state index contributed by atoms with van der Waals surface area (Å²) in [5.41, 5.74) is 1.84. The topological polar surface area (TPSA) is 47.3 Å². The van der Waals surface area contributed by atoms with Gasteiger partial charge in [0, 0.05) is 18.7 Å². The molecule has 1 saturated heterocycles. The van der Waals surface area contributed by atoms with E-state index in [1.54, 1.807) is 0 Å². The van der Waals surface area contributed by atoms with Gasteiger partial charge < -0.3 is 10.0 Å². The van der Waals surface area contributed by atoms with Crippen LogP contribution in [0.4, 0.5) is 0 Å². The predicted octanol–water partition coefficient (Wildman–Crippen LogP) is 1.60. The molecule has 1 heterocycles. The Morgan fingerprint density at radius 2 is 1.80 bits per heavy atom. The van der Waals surface area contributed by atoms with Gasteiger partial charge in [0.2, 0.25) is 0 Å². The Morgan fingerprint density at radius 1 is 1.20 bits per heavy atom. The van der Waals surface area contributed by atoms with Crippen molar-refractivity contribution in [2.75, 3.05) is 13.1 Å². The first-order valence-electron chi connectivity index (χ1n) is 5.35. The molecule has 2 rings (SSSR count). The van der Waals surface area contributed by atoms with Gasteiger partial charge >= 0.3 is 0 Å². The van der Waals surface area contributed by atoms with Gasteiger partial charge in [0.05, 0.1) is 6.61 Å². The van der Waals surface area contributed by atoms with Crippen molar-refractivity contribution >= 4 is 5.84 Å². The maximum absolute atomic E-state index is 8.91. The third-order valence-electron chi connectivity index (χ3n) is 2.83. The largest absolute Gasteiger partial charge is 0.392 e. The fourth-order valence-electron chi connectivity index (χ4n) is 1.89. The number of rotatable bonds is 2. The number of aliphatic hydroxyl groups excluding tert-OH is 1. The Bertz CT molecular complexity index is 339. The van der Waals surface area contributed by atoms with Crippen molar-refractivity contribution in [3.63, 3.8) is 0 Å².